The van der Waals surface area contributed by atoms with Gasteiger partial charge in [-0.3, -0.25) is 4.79 Å². The van der Waals surface area contributed by atoms with Crippen LogP contribution in [0.25, 0.3) is 0 Å². The molecular weight excluding hydrogens is 210 g/mol. The van der Waals surface area contributed by atoms with Gasteiger partial charge in [0.1, 0.15) is 0 Å². The van der Waals surface area contributed by atoms with Gasteiger partial charge in [-0.1, -0.05) is 0 Å². The quantitative estimate of drug-likeness (QED) is 0.559. The second-order valence-electron chi connectivity index (χ2n) is 3.88. The Morgan fingerprint density at radius 2 is 2.19 bits per heavy atom. The van der Waals surface area contributed by atoms with Gasteiger partial charge in [0.25, 0.3) is 0 Å². The van der Waals surface area contributed by atoms with E-state index in [1.54, 1.807) is 6.92 Å². The van der Waals surface area contributed by atoms with Crippen molar-refractivity contribution >= 4 is 11.9 Å². The first-order valence-electron chi connectivity index (χ1n) is 5.79. The van der Waals surface area contributed by atoms with Crippen molar-refractivity contribution in [1.29, 1.82) is 0 Å². The summed E-state index contributed by atoms with van der Waals surface area (Å²) in [6.07, 6.45) is 3.33. The van der Waals surface area contributed by atoms with E-state index < -0.39 is 11.9 Å². The Balaban J connectivity index is 2.59. The van der Waals surface area contributed by atoms with Gasteiger partial charge in [0, 0.05) is 19.2 Å². The van der Waals surface area contributed by atoms with Gasteiger partial charge in [0.05, 0.1) is 6.61 Å². The number of piperidine rings is 1. The van der Waals surface area contributed by atoms with E-state index in [2.05, 4.69) is 0 Å². The van der Waals surface area contributed by atoms with E-state index in [4.69, 9.17) is 9.84 Å². The maximum Gasteiger partial charge on any atom is 0.397 e. The number of esters is 1. The largest absolute Gasteiger partial charge is 0.459 e. The average molecular weight is 229 g/mol. The molecule has 1 aliphatic heterocycles. The van der Waals surface area contributed by atoms with Crippen molar-refractivity contribution in [3.63, 3.8) is 0 Å². The number of rotatable bonds is 3. The minimum absolute atomic E-state index is 0.0179. The van der Waals surface area contributed by atoms with Crippen LogP contribution >= 0.6 is 0 Å². The number of carbonyl (C=O) groups is 2. The zero-order chi connectivity index (χ0) is 12.0. The van der Waals surface area contributed by atoms with Gasteiger partial charge in [-0.05, 0) is 32.6 Å². The summed E-state index contributed by atoms with van der Waals surface area (Å²) in [6, 6.07) is -0.0179. The molecule has 5 nitrogen and oxygen atoms in total. The molecule has 0 aromatic rings. The molecule has 5 heteroatoms. The predicted octanol–water partition coefficient (Wildman–Crippen LogP) is 0.313. The minimum atomic E-state index is -0.785. The smallest absolute Gasteiger partial charge is 0.397 e. The van der Waals surface area contributed by atoms with Gasteiger partial charge in [0.15, 0.2) is 0 Å². The Bertz CT molecular complexity index is 252. The van der Waals surface area contributed by atoms with Crippen LogP contribution in [0.5, 0.6) is 0 Å². The highest BCUT2D eigenvalue weighted by Crippen LogP contribution is 2.19. The SMILES string of the molecule is CCOC(=O)C(=O)N1CCCCC1CCO. The van der Waals surface area contributed by atoms with E-state index in [0.29, 0.717) is 13.0 Å². The molecule has 92 valence electrons. The van der Waals surface area contributed by atoms with Crippen LogP contribution in [0.15, 0.2) is 0 Å². The number of nitrogens with zero attached hydrogens (tertiary/aromatic N) is 1. The highest BCUT2D eigenvalue weighted by atomic mass is 16.5. The fourth-order valence-corrected chi connectivity index (χ4v) is 2.03. The third-order valence-electron chi connectivity index (χ3n) is 2.80. The number of aliphatic hydroxyl groups excluding tert-OH is 1. The topological polar surface area (TPSA) is 66.8 Å². The van der Waals surface area contributed by atoms with Crippen LogP contribution in [0.3, 0.4) is 0 Å². The molecule has 0 bridgehead atoms. The normalized spacial score (nSPS) is 20.6. The summed E-state index contributed by atoms with van der Waals surface area (Å²) in [5.41, 5.74) is 0. The van der Waals surface area contributed by atoms with Crippen LogP contribution < -0.4 is 0 Å². The lowest BCUT2D eigenvalue weighted by Gasteiger charge is -2.34. The van der Waals surface area contributed by atoms with E-state index in [1.807, 2.05) is 0 Å². The maximum atomic E-state index is 11.7. The minimum Gasteiger partial charge on any atom is -0.459 e. The Hall–Kier alpha value is -1.10. The molecule has 1 fully saturated rings. The summed E-state index contributed by atoms with van der Waals surface area (Å²) in [5, 5.41) is 8.91. The number of likely N-dealkylation sites (tertiary alicyclic amines) is 1. The molecule has 1 atom stereocenters. The number of carbonyl (C=O) groups excluding carboxylic acids is 2. The van der Waals surface area contributed by atoms with Crippen LogP contribution in [-0.2, 0) is 14.3 Å². The lowest BCUT2D eigenvalue weighted by molar-refractivity contribution is -0.162. The Morgan fingerprint density at radius 1 is 1.44 bits per heavy atom. The van der Waals surface area contributed by atoms with Gasteiger partial charge in [0.2, 0.25) is 0 Å². The molecule has 0 radical (unpaired) electrons. The molecule has 1 rings (SSSR count). The van der Waals surface area contributed by atoms with Crippen LogP contribution in [0.4, 0.5) is 0 Å². The first-order chi connectivity index (χ1) is 7.70. The van der Waals surface area contributed by atoms with Crippen LogP contribution in [0, 0.1) is 0 Å². The number of ether oxygens (including phenoxy) is 1. The molecule has 1 amide bonds. The third-order valence-corrected chi connectivity index (χ3v) is 2.80. The van der Waals surface area contributed by atoms with Crippen LogP contribution in [0.2, 0.25) is 0 Å². The number of hydrogen-bond donors (Lipinski definition) is 1. The lowest BCUT2D eigenvalue weighted by Crippen LogP contribution is -2.47. The van der Waals surface area contributed by atoms with Crippen LogP contribution in [-0.4, -0.2) is 47.7 Å². The molecule has 1 aliphatic rings. The van der Waals surface area contributed by atoms with E-state index in [1.165, 1.54) is 4.90 Å². The summed E-state index contributed by atoms with van der Waals surface area (Å²) < 4.78 is 4.69. The van der Waals surface area contributed by atoms with Crippen molar-refractivity contribution in [3.05, 3.63) is 0 Å². The maximum absolute atomic E-state index is 11.7. The summed E-state index contributed by atoms with van der Waals surface area (Å²) in [5.74, 6) is -1.35. The van der Waals surface area contributed by atoms with Gasteiger partial charge in [-0.15, -0.1) is 0 Å². The fourth-order valence-electron chi connectivity index (χ4n) is 2.03. The molecule has 0 saturated carbocycles. The Labute approximate surface area is 95.4 Å². The van der Waals surface area contributed by atoms with Crippen molar-refractivity contribution in [2.75, 3.05) is 19.8 Å². The van der Waals surface area contributed by atoms with Gasteiger partial charge in [-0.25, -0.2) is 4.79 Å². The average Bonchev–Trinajstić information content (AvgIpc) is 2.29. The monoisotopic (exact) mass is 229 g/mol. The summed E-state index contributed by atoms with van der Waals surface area (Å²) >= 11 is 0. The zero-order valence-corrected chi connectivity index (χ0v) is 9.65. The molecular formula is C11H19NO4. The third kappa shape index (κ3) is 3.20. The second-order valence-corrected chi connectivity index (χ2v) is 3.88. The van der Waals surface area contributed by atoms with E-state index in [-0.39, 0.29) is 19.3 Å². The summed E-state index contributed by atoms with van der Waals surface area (Å²) in [6.45, 7) is 2.51. The summed E-state index contributed by atoms with van der Waals surface area (Å²) in [4.78, 5) is 24.6. The fraction of sp³-hybridized carbons (Fsp3) is 0.818. The molecule has 0 spiro atoms. The molecule has 0 aliphatic carbocycles. The number of hydrogen-bond acceptors (Lipinski definition) is 4. The molecule has 0 aromatic heterocycles. The number of amides is 1. The van der Waals surface area contributed by atoms with Crippen LogP contribution in [0.1, 0.15) is 32.6 Å². The van der Waals surface area contributed by atoms with Crippen molar-refractivity contribution in [3.8, 4) is 0 Å². The van der Waals surface area contributed by atoms with Gasteiger partial charge >= 0.3 is 11.9 Å². The van der Waals surface area contributed by atoms with Crippen molar-refractivity contribution in [1.82, 2.24) is 4.90 Å². The Morgan fingerprint density at radius 3 is 2.81 bits per heavy atom. The predicted molar refractivity (Wildman–Crippen MR) is 57.7 cm³/mol. The second kappa shape index (κ2) is 6.48. The molecule has 1 N–H and O–H groups in total. The lowest BCUT2D eigenvalue weighted by atomic mass is 9.99. The molecule has 1 saturated heterocycles. The zero-order valence-electron chi connectivity index (χ0n) is 9.65. The standard InChI is InChI=1S/C11H19NO4/c1-2-16-11(15)10(14)12-7-4-3-5-9(12)6-8-13/h9,13H,2-8H2,1H3. The van der Waals surface area contributed by atoms with E-state index >= 15 is 0 Å². The van der Waals surface area contributed by atoms with Crippen molar-refractivity contribution < 1.29 is 19.4 Å². The van der Waals surface area contributed by atoms with E-state index in [0.717, 1.165) is 19.3 Å². The highest BCUT2D eigenvalue weighted by Gasteiger charge is 2.30. The molecule has 1 unspecified atom stereocenters. The van der Waals surface area contributed by atoms with Crippen molar-refractivity contribution in [2.45, 2.75) is 38.6 Å². The number of aliphatic hydroxyl groups is 1. The highest BCUT2D eigenvalue weighted by molar-refractivity contribution is 6.32. The molecule has 0 aromatic carbocycles. The first-order valence-corrected chi connectivity index (χ1v) is 5.79. The van der Waals surface area contributed by atoms with E-state index in [9.17, 15) is 9.59 Å². The summed E-state index contributed by atoms with van der Waals surface area (Å²) in [7, 11) is 0. The van der Waals surface area contributed by atoms with Crippen molar-refractivity contribution in [2.24, 2.45) is 0 Å². The molecule has 1 heterocycles. The Kier molecular flexibility index (Phi) is 5.25. The van der Waals surface area contributed by atoms with Gasteiger partial charge < -0.3 is 14.7 Å². The first kappa shape index (κ1) is 13.0. The van der Waals surface area contributed by atoms with Gasteiger partial charge in [-0.2, -0.15) is 0 Å². The molecule has 16 heavy (non-hydrogen) atoms.